The standard InChI is InChI=1S/C15H25NO2/c1-15(2,3)14(16)10-7-11-18-13-9-6-5-8-12(13)17-4/h5-6,8-9,14H,7,10-11,16H2,1-4H3. The molecule has 0 spiro atoms. The van der Waals surface area contributed by atoms with Gasteiger partial charge in [-0.15, -0.1) is 0 Å². The minimum Gasteiger partial charge on any atom is -0.493 e. The average molecular weight is 251 g/mol. The third-order valence-electron chi connectivity index (χ3n) is 3.10. The molecule has 0 aliphatic carbocycles. The molecule has 3 heteroatoms. The molecule has 1 atom stereocenters. The zero-order valence-corrected chi connectivity index (χ0v) is 11.9. The molecule has 0 saturated carbocycles. The maximum Gasteiger partial charge on any atom is 0.161 e. The van der Waals surface area contributed by atoms with E-state index in [0.717, 1.165) is 24.3 Å². The molecule has 3 nitrogen and oxygen atoms in total. The molecule has 1 aromatic carbocycles. The van der Waals surface area contributed by atoms with Crippen LogP contribution in [0.5, 0.6) is 11.5 Å². The zero-order valence-electron chi connectivity index (χ0n) is 11.9. The van der Waals surface area contributed by atoms with Gasteiger partial charge in [0.15, 0.2) is 11.5 Å². The first kappa shape index (κ1) is 14.8. The lowest BCUT2D eigenvalue weighted by atomic mass is 9.85. The summed E-state index contributed by atoms with van der Waals surface area (Å²) >= 11 is 0. The molecule has 1 rings (SSSR count). The van der Waals surface area contributed by atoms with Crippen molar-refractivity contribution in [1.82, 2.24) is 0 Å². The molecule has 0 heterocycles. The van der Waals surface area contributed by atoms with Gasteiger partial charge in [0, 0.05) is 6.04 Å². The summed E-state index contributed by atoms with van der Waals surface area (Å²) in [5.74, 6) is 1.57. The summed E-state index contributed by atoms with van der Waals surface area (Å²) in [6, 6.07) is 7.90. The zero-order chi connectivity index (χ0) is 13.6. The van der Waals surface area contributed by atoms with E-state index in [1.54, 1.807) is 7.11 Å². The Morgan fingerprint density at radius 3 is 2.33 bits per heavy atom. The molecule has 0 radical (unpaired) electrons. The van der Waals surface area contributed by atoms with Crippen LogP contribution in [-0.4, -0.2) is 19.8 Å². The van der Waals surface area contributed by atoms with Gasteiger partial charge < -0.3 is 15.2 Å². The van der Waals surface area contributed by atoms with Crippen LogP contribution in [0.2, 0.25) is 0 Å². The van der Waals surface area contributed by atoms with Crippen LogP contribution in [0.1, 0.15) is 33.6 Å². The number of rotatable bonds is 6. The lowest BCUT2D eigenvalue weighted by Gasteiger charge is -2.26. The Balaban J connectivity index is 2.34. The number of methoxy groups -OCH3 is 1. The van der Waals surface area contributed by atoms with Crippen LogP contribution < -0.4 is 15.2 Å². The van der Waals surface area contributed by atoms with E-state index < -0.39 is 0 Å². The molecular formula is C15H25NO2. The second-order valence-corrected chi connectivity index (χ2v) is 5.61. The van der Waals surface area contributed by atoms with Gasteiger partial charge in [-0.1, -0.05) is 32.9 Å². The van der Waals surface area contributed by atoms with Crippen molar-refractivity contribution < 1.29 is 9.47 Å². The predicted octanol–water partition coefficient (Wildman–Crippen LogP) is 3.23. The van der Waals surface area contributed by atoms with E-state index >= 15 is 0 Å². The van der Waals surface area contributed by atoms with Crippen molar-refractivity contribution in [3.05, 3.63) is 24.3 Å². The summed E-state index contributed by atoms with van der Waals surface area (Å²) in [6.07, 6.45) is 1.93. The van der Waals surface area contributed by atoms with Crippen LogP contribution in [0.15, 0.2) is 24.3 Å². The molecule has 0 saturated heterocycles. The molecule has 0 bridgehead atoms. The van der Waals surface area contributed by atoms with Crippen LogP contribution in [0.3, 0.4) is 0 Å². The summed E-state index contributed by atoms with van der Waals surface area (Å²) in [5.41, 5.74) is 6.26. The topological polar surface area (TPSA) is 44.5 Å². The molecule has 0 amide bonds. The molecule has 18 heavy (non-hydrogen) atoms. The van der Waals surface area contributed by atoms with Gasteiger partial charge in [0.05, 0.1) is 13.7 Å². The molecule has 2 N–H and O–H groups in total. The molecule has 0 fully saturated rings. The number of hydrogen-bond donors (Lipinski definition) is 1. The fourth-order valence-electron chi connectivity index (χ4n) is 1.66. The van der Waals surface area contributed by atoms with Crippen molar-refractivity contribution in [2.75, 3.05) is 13.7 Å². The minimum absolute atomic E-state index is 0.157. The van der Waals surface area contributed by atoms with Crippen LogP contribution in [0, 0.1) is 5.41 Å². The van der Waals surface area contributed by atoms with Crippen molar-refractivity contribution in [1.29, 1.82) is 0 Å². The van der Waals surface area contributed by atoms with Crippen molar-refractivity contribution in [2.24, 2.45) is 11.1 Å². The normalized spacial score (nSPS) is 13.2. The van der Waals surface area contributed by atoms with Gasteiger partial charge in [-0.05, 0) is 30.4 Å². The monoisotopic (exact) mass is 251 g/mol. The summed E-state index contributed by atoms with van der Waals surface area (Å²) in [5, 5.41) is 0. The highest BCUT2D eigenvalue weighted by molar-refractivity contribution is 5.39. The van der Waals surface area contributed by atoms with E-state index in [0.29, 0.717) is 6.61 Å². The van der Waals surface area contributed by atoms with Gasteiger partial charge in [0.25, 0.3) is 0 Å². The van der Waals surface area contributed by atoms with Gasteiger partial charge in [-0.2, -0.15) is 0 Å². The van der Waals surface area contributed by atoms with Gasteiger partial charge in [-0.25, -0.2) is 0 Å². The minimum atomic E-state index is 0.157. The first-order chi connectivity index (χ1) is 8.45. The first-order valence-corrected chi connectivity index (χ1v) is 6.46. The van der Waals surface area contributed by atoms with Crippen LogP contribution >= 0.6 is 0 Å². The van der Waals surface area contributed by atoms with E-state index in [9.17, 15) is 0 Å². The van der Waals surface area contributed by atoms with Crippen molar-refractivity contribution in [3.8, 4) is 11.5 Å². The van der Waals surface area contributed by atoms with E-state index in [1.807, 2.05) is 24.3 Å². The number of para-hydroxylation sites is 2. The molecule has 0 aliphatic heterocycles. The Labute approximate surface area is 110 Å². The lowest BCUT2D eigenvalue weighted by molar-refractivity contribution is 0.253. The Morgan fingerprint density at radius 1 is 1.17 bits per heavy atom. The van der Waals surface area contributed by atoms with E-state index in [-0.39, 0.29) is 11.5 Å². The van der Waals surface area contributed by atoms with Gasteiger partial charge in [0.2, 0.25) is 0 Å². The quantitative estimate of drug-likeness (QED) is 0.789. The van der Waals surface area contributed by atoms with Gasteiger partial charge in [-0.3, -0.25) is 0 Å². The largest absolute Gasteiger partial charge is 0.493 e. The SMILES string of the molecule is COc1ccccc1OCCCC(N)C(C)(C)C. The van der Waals surface area contributed by atoms with Crippen LogP contribution in [-0.2, 0) is 0 Å². The maximum absolute atomic E-state index is 6.11. The van der Waals surface area contributed by atoms with E-state index in [2.05, 4.69) is 20.8 Å². The second kappa shape index (κ2) is 6.64. The third-order valence-corrected chi connectivity index (χ3v) is 3.10. The Bertz CT molecular complexity index is 358. The predicted molar refractivity (Wildman–Crippen MR) is 75.2 cm³/mol. The fraction of sp³-hybridized carbons (Fsp3) is 0.600. The molecule has 1 aromatic rings. The Hall–Kier alpha value is -1.22. The van der Waals surface area contributed by atoms with E-state index in [4.69, 9.17) is 15.2 Å². The maximum atomic E-state index is 6.11. The lowest BCUT2D eigenvalue weighted by Crippen LogP contribution is -2.35. The number of benzene rings is 1. The average Bonchev–Trinajstić information content (AvgIpc) is 2.33. The molecule has 0 aliphatic rings. The van der Waals surface area contributed by atoms with Crippen molar-refractivity contribution >= 4 is 0 Å². The molecular weight excluding hydrogens is 226 g/mol. The Kier molecular flexibility index (Phi) is 5.48. The molecule has 0 aromatic heterocycles. The van der Waals surface area contributed by atoms with Crippen LogP contribution in [0.4, 0.5) is 0 Å². The number of hydrogen-bond acceptors (Lipinski definition) is 3. The highest BCUT2D eigenvalue weighted by Gasteiger charge is 2.19. The smallest absolute Gasteiger partial charge is 0.161 e. The van der Waals surface area contributed by atoms with Gasteiger partial charge >= 0.3 is 0 Å². The molecule has 102 valence electrons. The summed E-state index contributed by atoms with van der Waals surface area (Å²) < 4.78 is 10.9. The van der Waals surface area contributed by atoms with Crippen molar-refractivity contribution in [3.63, 3.8) is 0 Å². The highest BCUT2D eigenvalue weighted by atomic mass is 16.5. The third kappa shape index (κ3) is 4.57. The summed E-state index contributed by atoms with van der Waals surface area (Å²) in [4.78, 5) is 0. The van der Waals surface area contributed by atoms with Crippen LogP contribution in [0.25, 0.3) is 0 Å². The number of nitrogens with two attached hydrogens (primary N) is 1. The van der Waals surface area contributed by atoms with E-state index in [1.165, 1.54) is 0 Å². The summed E-state index contributed by atoms with van der Waals surface area (Å²) in [6.45, 7) is 7.17. The number of ether oxygens (including phenoxy) is 2. The second-order valence-electron chi connectivity index (χ2n) is 5.61. The fourth-order valence-corrected chi connectivity index (χ4v) is 1.66. The highest BCUT2D eigenvalue weighted by Crippen LogP contribution is 2.26. The summed E-state index contributed by atoms with van der Waals surface area (Å²) in [7, 11) is 1.65. The Morgan fingerprint density at radius 2 is 1.78 bits per heavy atom. The van der Waals surface area contributed by atoms with Gasteiger partial charge in [0.1, 0.15) is 0 Å². The van der Waals surface area contributed by atoms with Crippen molar-refractivity contribution in [2.45, 2.75) is 39.7 Å². The first-order valence-electron chi connectivity index (χ1n) is 6.46. The molecule has 1 unspecified atom stereocenters.